The largest absolute Gasteiger partial charge is 0.342 e. The molecule has 3 nitrogen and oxygen atoms in total. The standard InChI is InChI=1S/C16H30N2O/c1-15(2,3)17-13-14(19)18-11-9-16(10-12-18)7-5-4-6-8-16/h17H,4-13H2,1-3H3. The molecule has 1 amide bonds. The van der Waals surface area contributed by atoms with Gasteiger partial charge in [0.25, 0.3) is 0 Å². The van der Waals surface area contributed by atoms with Crippen molar-refractivity contribution in [1.82, 2.24) is 10.2 Å². The SMILES string of the molecule is CC(C)(C)NCC(=O)N1CCC2(CCCCC2)CC1. The summed E-state index contributed by atoms with van der Waals surface area (Å²) in [5.74, 6) is 0.278. The van der Waals surface area contributed by atoms with Crippen LogP contribution < -0.4 is 5.32 Å². The van der Waals surface area contributed by atoms with Crippen LogP contribution in [0.3, 0.4) is 0 Å². The van der Waals surface area contributed by atoms with Crippen molar-refractivity contribution in [2.75, 3.05) is 19.6 Å². The lowest BCUT2D eigenvalue weighted by Crippen LogP contribution is -2.49. The maximum Gasteiger partial charge on any atom is 0.236 e. The van der Waals surface area contributed by atoms with Crippen LogP contribution in [0.2, 0.25) is 0 Å². The average molecular weight is 266 g/mol. The van der Waals surface area contributed by atoms with Gasteiger partial charge in [0.2, 0.25) is 5.91 Å². The predicted molar refractivity (Wildman–Crippen MR) is 79.1 cm³/mol. The highest BCUT2D eigenvalue weighted by atomic mass is 16.2. The number of hydrogen-bond donors (Lipinski definition) is 1. The molecule has 1 saturated carbocycles. The maximum atomic E-state index is 12.2. The Hall–Kier alpha value is -0.570. The first-order valence-electron chi connectivity index (χ1n) is 7.93. The number of amides is 1. The van der Waals surface area contributed by atoms with Gasteiger partial charge in [-0.15, -0.1) is 0 Å². The number of likely N-dealkylation sites (tertiary alicyclic amines) is 1. The number of carbonyl (C=O) groups is 1. The Morgan fingerprint density at radius 1 is 1.05 bits per heavy atom. The first-order chi connectivity index (χ1) is 8.90. The highest BCUT2D eigenvalue weighted by molar-refractivity contribution is 5.78. The molecule has 2 rings (SSSR count). The molecule has 0 radical (unpaired) electrons. The Balaban J connectivity index is 1.77. The molecule has 1 spiro atoms. The van der Waals surface area contributed by atoms with E-state index in [4.69, 9.17) is 0 Å². The average Bonchev–Trinajstić information content (AvgIpc) is 2.37. The quantitative estimate of drug-likeness (QED) is 0.833. The van der Waals surface area contributed by atoms with Gasteiger partial charge in [0.05, 0.1) is 6.54 Å². The summed E-state index contributed by atoms with van der Waals surface area (Å²) < 4.78 is 0. The second-order valence-electron chi connectivity index (χ2n) is 7.55. The Labute approximate surface area is 118 Å². The molecule has 1 heterocycles. The summed E-state index contributed by atoms with van der Waals surface area (Å²) in [5.41, 5.74) is 0.614. The molecule has 3 heteroatoms. The van der Waals surface area contributed by atoms with Crippen LogP contribution in [0.15, 0.2) is 0 Å². The summed E-state index contributed by atoms with van der Waals surface area (Å²) >= 11 is 0. The normalized spacial score (nSPS) is 23.6. The van der Waals surface area contributed by atoms with Gasteiger partial charge in [0.15, 0.2) is 0 Å². The summed E-state index contributed by atoms with van der Waals surface area (Å²) in [7, 11) is 0. The van der Waals surface area contributed by atoms with Crippen LogP contribution in [0.1, 0.15) is 65.7 Å². The highest BCUT2D eigenvalue weighted by Crippen LogP contribution is 2.44. The van der Waals surface area contributed by atoms with E-state index in [0.717, 1.165) is 13.1 Å². The molecule has 1 N–H and O–H groups in total. The van der Waals surface area contributed by atoms with Gasteiger partial charge in [-0.3, -0.25) is 4.79 Å². The smallest absolute Gasteiger partial charge is 0.236 e. The molecule has 0 bridgehead atoms. The number of piperidine rings is 1. The van der Waals surface area contributed by atoms with E-state index in [1.54, 1.807) is 0 Å². The number of rotatable bonds is 2. The molecule has 0 unspecified atom stereocenters. The van der Waals surface area contributed by atoms with E-state index >= 15 is 0 Å². The van der Waals surface area contributed by atoms with E-state index in [9.17, 15) is 4.79 Å². The minimum absolute atomic E-state index is 0.0238. The van der Waals surface area contributed by atoms with E-state index in [0.29, 0.717) is 12.0 Å². The van der Waals surface area contributed by atoms with Gasteiger partial charge < -0.3 is 10.2 Å². The molecule has 2 aliphatic rings. The second kappa shape index (κ2) is 5.82. The zero-order chi connectivity index (χ0) is 13.9. The molecular weight excluding hydrogens is 236 g/mol. The van der Waals surface area contributed by atoms with Gasteiger partial charge in [-0.2, -0.15) is 0 Å². The summed E-state index contributed by atoms with van der Waals surface area (Å²) in [6.45, 7) is 8.75. The number of carbonyl (C=O) groups excluding carboxylic acids is 1. The fourth-order valence-electron chi connectivity index (χ4n) is 3.48. The van der Waals surface area contributed by atoms with Gasteiger partial charge in [-0.25, -0.2) is 0 Å². The van der Waals surface area contributed by atoms with Crippen molar-refractivity contribution < 1.29 is 4.79 Å². The lowest BCUT2D eigenvalue weighted by molar-refractivity contribution is -0.133. The zero-order valence-corrected chi connectivity index (χ0v) is 12.9. The third-order valence-electron chi connectivity index (χ3n) is 4.86. The minimum Gasteiger partial charge on any atom is -0.342 e. The van der Waals surface area contributed by atoms with Crippen LogP contribution in [-0.4, -0.2) is 36.0 Å². The number of nitrogens with one attached hydrogen (secondary N) is 1. The summed E-state index contributed by atoms with van der Waals surface area (Å²) in [5, 5.41) is 3.30. The van der Waals surface area contributed by atoms with Crippen molar-refractivity contribution in [2.24, 2.45) is 5.41 Å². The third-order valence-corrected chi connectivity index (χ3v) is 4.86. The summed E-state index contributed by atoms with van der Waals surface area (Å²) in [4.78, 5) is 14.2. The Kier molecular flexibility index (Phi) is 4.54. The van der Waals surface area contributed by atoms with Crippen molar-refractivity contribution in [2.45, 2.75) is 71.3 Å². The molecule has 0 atom stereocenters. The van der Waals surface area contributed by atoms with Gasteiger partial charge >= 0.3 is 0 Å². The topological polar surface area (TPSA) is 32.3 Å². The van der Waals surface area contributed by atoms with Crippen molar-refractivity contribution in [3.63, 3.8) is 0 Å². The van der Waals surface area contributed by atoms with Gasteiger partial charge in [0.1, 0.15) is 0 Å². The van der Waals surface area contributed by atoms with Gasteiger partial charge in [-0.1, -0.05) is 19.3 Å². The maximum absolute atomic E-state index is 12.2. The van der Waals surface area contributed by atoms with E-state index in [-0.39, 0.29) is 11.4 Å². The van der Waals surface area contributed by atoms with Crippen molar-refractivity contribution >= 4 is 5.91 Å². The molecule has 0 aromatic heterocycles. The van der Waals surface area contributed by atoms with E-state index in [1.807, 2.05) is 0 Å². The monoisotopic (exact) mass is 266 g/mol. The van der Waals surface area contributed by atoms with E-state index in [2.05, 4.69) is 31.0 Å². The van der Waals surface area contributed by atoms with E-state index < -0.39 is 0 Å². The van der Waals surface area contributed by atoms with Crippen LogP contribution in [0.25, 0.3) is 0 Å². The van der Waals surface area contributed by atoms with Crippen molar-refractivity contribution in [1.29, 1.82) is 0 Å². The molecule has 2 fully saturated rings. The number of hydrogen-bond acceptors (Lipinski definition) is 2. The summed E-state index contributed by atoms with van der Waals surface area (Å²) in [6.07, 6.45) is 9.48. The van der Waals surface area contributed by atoms with Gasteiger partial charge in [-0.05, 0) is 51.9 Å². The molecule has 0 aromatic carbocycles. The van der Waals surface area contributed by atoms with Crippen LogP contribution in [0.4, 0.5) is 0 Å². The Bertz CT molecular complexity index is 303. The van der Waals surface area contributed by atoms with Crippen LogP contribution >= 0.6 is 0 Å². The first kappa shape index (κ1) is 14.8. The van der Waals surface area contributed by atoms with Crippen LogP contribution in [-0.2, 0) is 4.79 Å². The zero-order valence-electron chi connectivity index (χ0n) is 12.9. The van der Waals surface area contributed by atoms with Gasteiger partial charge in [0, 0.05) is 18.6 Å². The predicted octanol–water partition coefficient (Wildman–Crippen LogP) is 2.95. The Morgan fingerprint density at radius 2 is 1.63 bits per heavy atom. The first-order valence-corrected chi connectivity index (χ1v) is 7.93. The second-order valence-corrected chi connectivity index (χ2v) is 7.55. The molecule has 19 heavy (non-hydrogen) atoms. The number of nitrogens with zero attached hydrogens (tertiary/aromatic N) is 1. The molecule has 110 valence electrons. The fraction of sp³-hybridized carbons (Fsp3) is 0.938. The lowest BCUT2D eigenvalue weighted by Gasteiger charge is -2.44. The minimum atomic E-state index is 0.0238. The fourth-order valence-corrected chi connectivity index (χ4v) is 3.48. The van der Waals surface area contributed by atoms with Crippen molar-refractivity contribution in [3.8, 4) is 0 Å². The molecule has 1 aliphatic carbocycles. The summed E-state index contributed by atoms with van der Waals surface area (Å²) in [6, 6.07) is 0. The molecular formula is C16H30N2O. The molecule has 0 aromatic rings. The molecule has 1 aliphatic heterocycles. The lowest BCUT2D eigenvalue weighted by atomic mass is 9.68. The highest BCUT2D eigenvalue weighted by Gasteiger charge is 2.36. The third kappa shape index (κ3) is 4.20. The van der Waals surface area contributed by atoms with Crippen LogP contribution in [0.5, 0.6) is 0 Å². The molecule has 1 saturated heterocycles. The van der Waals surface area contributed by atoms with E-state index in [1.165, 1.54) is 44.9 Å². The van der Waals surface area contributed by atoms with Crippen molar-refractivity contribution in [3.05, 3.63) is 0 Å². The van der Waals surface area contributed by atoms with Crippen LogP contribution in [0, 0.1) is 5.41 Å². The Morgan fingerprint density at radius 3 is 2.16 bits per heavy atom.